The first-order valence-electron chi connectivity index (χ1n) is 8.41. The van der Waals surface area contributed by atoms with Crippen molar-refractivity contribution >= 4 is 34.3 Å². The van der Waals surface area contributed by atoms with Crippen LogP contribution < -0.4 is 5.32 Å². The van der Waals surface area contributed by atoms with Crippen LogP contribution in [0.25, 0.3) is 22.4 Å². The summed E-state index contributed by atoms with van der Waals surface area (Å²) in [6, 6.07) is 8.16. The molecule has 0 radical (unpaired) electrons. The van der Waals surface area contributed by atoms with Crippen LogP contribution in [0.3, 0.4) is 0 Å². The molecule has 0 bridgehead atoms. The number of pyridine rings is 1. The van der Waals surface area contributed by atoms with E-state index in [0.717, 1.165) is 5.69 Å². The molecular formula is C19H16ClFN6. The van der Waals surface area contributed by atoms with Crippen molar-refractivity contribution in [2.24, 2.45) is 0 Å². The second-order valence-electron chi connectivity index (χ2n) is 6.35. The van der Waals surface area contributed by atoms with Gasteiger partial charge < -0.3 is 10.3 Å². The van der Waals surface area contributed by atoms with Crippen LogP contribution in [0.4, 0.5) is 16.0 Å². The molecule has 6 nitrogen and oxygen atoms in total. The Morgan fingerprint density at radius 1 is 1.15 bits per heavy atom. The van der Waals surface area contributed by atoms with Gasteiger partial charge >= 0.3 is 0 Å². The quantitative estimate of drug-likeness (QED) is 0.514. The molecule has 0 atom stereocenters. The zero-order valence-electron chi connectivity index (χ0n) is 14.7. The van der Waals surface area contributed by atoms with Crippen molar-refractivity contribution in [3.05, 3.63) is 59.4 Å². The molecule has 0 saturated carbocycles. The number of anilines is 2. The second kappa shape index (κ2) is 6.92. The third-order valence-electron chi connectivity index (χ3n) is 4.13. The summed E-state index contributed by atoms with van der Waals surface area (Å²) in [4.78, 5) is 20.5. The van der Waals surface area contributed by atoms with Crippen LogP contribution in [-0.4, -0.2) is 24.9 Å². The zero-order chi connectivity index (χ0) is 19.0. The lowest BCUT2D eigenvalue weighted by Crippen LogP contribution is -2.00. The molecule has 2 N–H and O–H groups in total. The number of aromatic nitrogens is 5. The molecule has 0 aliphatic rings. The van der Waals surface area contributed by atoms with Gasteiger partial charge in [0.15, 0.2) is 5.82 Å². The highest BCUT2D eigenvalue weighted by atomic mass is 35.5. The molecule has 1 aromatic carbocycles. The van der Waals surface area contributed by atoms with E-state index in [1.54, 1.807) is 24.4 Å². The van der Waals surface area contributed by atoms with E-state index in [4.69, 9.17) is 11.6 Å². The summed E-state index contributed by atoms with van der Waals surface area (Å²) in [5.74, 6) is 1.30. The fourth-order valence-corrected chi connectivity index (χ4v) is 3.00. The smallest absolute Gasteiger partial charge is 0.159 e. The number of halogens is 2. The molecule has 4 rings (SSSR count). The highest BCUT2D eigenvalue weighted by molar-refractivity contribution is 6.33. The second-order valence-corrected chi connectivity index (χ2v) is 6.75. The number of nitrogens with one attached hydrogen (secondary N) is 2. The highest BCUT2D eigenvalue weighted by Gasteiger charge is 2.16. The summed E-state index contributed by atoms with van der Waals surface area (Å²) in [5.41, 5.74) is 2.42. The molecule has 136 valence electrons. The van der Waals surface area contributed by atoms with Crippen molar-refractivity contribution in [1.29, 1.82) is 0 Å². The molecule has 3 heterocycles. The van der Waals surface area contributed by atoms with Gasteiger partial charge in [-0.25, -0.2) is 24.3 Å². The maximum absolute atomic E-state index is 14.2. The number of H-pyrrole nitrogens is 1. The fraction of sp³-hybridized carbons (Fsp3) is 0.158. The van der Waals surface area contributed by atoms with Gasteiger partial charge in [0.25, 0.3) is 0 Å². The number of nitrogens with zero attached hydrogens (tertiary/aromatic N) is 4. The minimum Gasteiger partial charge on any atom is -0.338 e. The SMILES string of the molecule is CC(C)c1cc(Nc2nccc3[nH]c(-c4c(F)cccc4Cl)nc23)ncn1. The summed E-state index contributed by atoms with van der Waals surface area (Å²) in [6.07, 6.45) is 3.15. The zero-order valence-corrected chi connectivity index (χ0v) is 15.4. The number of hydrogen-bond acceptors (Lipinski definition) is 5. The standard InChI is InChI=1S/C19H16ClFN6/c1-10(2)14-8-15(24-9-23-14)26-19-17-13(6-7-22-19)25-18(27-17)16-11(20)4-3-5-12(16)21/h3-10H,1-2H3,(H,25,27)(H,22,23,24,26). The molecule has 0 fully saturated rings. The first-order chi connectivity index (χ1) is 13.0. The number of rotatable bonds is 4. The summed E-state index contributed by atoms with van der Waals surface area (Å²) in [6.45, 7) is 4.12. The van der Waals surface area contributed by atoms with Gasteiger partial charge in [-0.2, -0.15) is 0 Å². The summed E-state index contributed by atoms with van der Waals surface area (Å²) < 4.78 is 14.2. The minimum atomic E-state index is -0.443. The van der Waals surface area contributed by atoms with Crippen LogP contribution >= 0.6 is 11.6 Å². The molecule has 27 heavy (non-hydrogen) atoms. The van der Waals surface area contributed by atoms with Crippen LogP contribution in [0.2, 0.25) is 5.02 Å². The minimum absolute atomic E-state index is 0.227. The van der Waals surface area contributed by atoms with E-state index < -0.39 is 5.82 Å². The maximum Gasteiger partial charge on any atom is 0.159 e. The van der Waals surface area contributed by atoms with Gasteiger partial charge in [0, 0.05) is 18.0 Å². The molecule has 4 aromatic rings. The Morgan fingerprint density at radius 2 is 2.00 bits per heavy atom. The van der Waals surface area contributed by atoms with E-state index in [-0.39, 0.29) is 16.5 Å². The van der Waals surface area contributed by atoms with Crippen molar-refractivity contribution in [1.82, 2.24) is 24.9 Å². The van der Waals surface area contributed by atoms with Gasteiger partial charge in [-0.3, -0.25) is 0 Å². The Labute approximate surface area is 159 Å². The number of benzene rings is 1. The van der Waals surface area contributed by atoms with Crippen LogP contribution in [-0.2, 0) is 0 Å². The molecule has 0 saturated heterocycles. The van der Waals surface area contributed by atoms with Crippen LogP contribution in [0.5, 0.6) is 0 Å². The van der Waals surface area contributed by atoms with E-state index in [1.807, 2.05) is 6.07 Å². The first kappa shape index (κ1) is 17.4. The van der Waals surface area contributed by atoms with Crippen molar-refractivity contribution in [2.45, 2.75) is 19.8 Å². The van der Waals surface area contributed by atoms with Crippen LogP contribution in [0, 0.1) is 5.82 Å². The Balaban J connectivity index is 1.77. The third-order valence-corrected chi connectivity index (χ3v) is 4.44. The molecule has 0 aliphatic heterocycles. The normalized spacial score (nSPS) is 11.3. The van der Waals surface area contributed by atoms with E-state index in [0.29, 0.717) is 28.5 Å². The molecule has 0 amide bonds. The average Bonchev–Trinajstić information content (AvgIpc) is 3.06. The van der Waals surface area contributed by atoms with Crippen molar-refractivity contribution in [3.63, 3.8) is 0 Å². The summed E-state index contributed by atoms with van der Waals surface area (Å²) >= 11 is 6.16. The third kappa shape index (κ3) is 3.33. The highest BCUT2D eigenvalue weighted by Crippen LogP contribution is 2.31. The Kier molecular flexibility index (Phi) is 4.45. The van der Waals surface area contributed by atoms with Crippen LogP contribution in [0.1, 0.15) is 25.5 Å². The van der Waals surface area contributed by atoms with Crippen molar-refractivity contribution < 1.29 is 4.39 Å². The van der Waals surface area contributed by atoms with Crippen molar-refractivity contribution in [3.8, 4) is 11.4 Å². The van der Waals surface area contributed by atoms with Gasteiger partial charge in [-0.1, -0.05) is 31.5 Å². The molecule has 0 unspecified atom stereocenters. The van der Waals surface area contributed by atoms with Gasteiger partial charge in [0.05, 0.1) is 16.1 Å². The van der Waals surface area contributed by atoms with Crippen molar-refractivity contribution in [2.75, 3.05) is 5.32 Å². The van der Waals surface area contributed by atoms with Crippen LogP contribution in [0.15, 0.2) is 42.9 Å². The van der Waals surface area contributed by atoms with E-state index in [2.05, 4.69) is 44.1 Å². The Morgan fingerprint density at radius 3 is 2.78 bits per heavy atom. The monoisotopic (exact) mass is 382 g/mol. The molecular weight excluding hydrogens is 367 g/mol. The predicted molar refractivity (Wildman–Crippen MR) is 104 cm³/mol. The largest absolute Gasteiger partial charge is 0.338 e. The summed E-state index contributed by atoms with van der Waals surface area (Å²) in [5, 5.41) is 3.45. The average molecular weight is 383 g/mol. The lowest BCUT2D eigenvalue weighted by atomic mass is 10.1. The number of fused-ring (bicyclic) bond motifs is 1. The fourth-order valence-electron chi connectivity index (χ4n) is 2.75. The van der Waals surface area contributed by atoms with Gasteiger partial charge in [0.1, 0.15) is 29.3 Å². The van der Waals surface area contributed by atoms with Gasteiger partial charge in [-0.15, -0.1) is 0 Å². The maximum atomic E-state index is 14.2. The number of hydrogen-bond donors (Lipinski definition) is 2. The number of imidazole rings is 1. The number of aromatic amines is 1. The first-order valence-corrected chi connectivity index (χ1v) is 8.79. The van der Waals surface area contributed by atoms with Gasteiger partial charge in [-0.05, 0) is 24.1 Å². The topological polar surface area (TPSA) is 79.4 Å². The molecule has 8 heteroatoms. The van der Waals surface area contributed by atoms with E-state index in [1.165, 1.54) is 12.4 Å². The lowest BCUT2D eigenvalue weighted by molar-refractivity contribution is 0.630. The van der Waals surface area contributed by atoms with E-state index >= 15 is 0 Å². The van der Waals surface area contributed by atoms with Gasteiger partial charge in [0.2, 0.25) is 0 Å². The lowest BCUT2D eigenvalue weighted by Gasteiger charge is -2.08. The Hall–Kier alpha value is -3.06. The van der Waals surface area contributed by atoms with E-state index in [9.17, 15) is 4.39 Å². The molecule has 0 spiro atoms. The molecule has 3 aromatic heterocycles. The summed E-state index contributed by atoms with van der Waals surface area (Å²) in [7, 11) is 0. The Bertz CT molecular complexity index is 1100. The predicted octanol–water partition coefficient (Wildman–Crippen LogP) is 5.07. The molecule has 0 aliphatic carbocycles.